The van der Waals surface area contributed by atoms with E-state index in [2.05, 4.69) is 27.1 Å². The number of carbonyl (C=O) groups is 4. The Kier molecular flexibility index (Phi) is 13.1. The smallest absolute Gasteiger partial charge is 0.409 e. The van der Waals surface area contributed by atoms with E-state index in [1.165, 1.54) is 0 Å². The lowest BCUT2D eigenvalue weighted by molar-refractivity contribution is -0.138. The number of benzene rings is 1. The first-order valence-electron chi connectivity index (χ1n) is 16.4. The summed E-state index contributed by atoms with van der Waals surface area (Å²) in [6.45, 7) is 5.69. The second-order valence-electron chi connectivity index (χ2n) is 11.9. The van der Waals surface area contributed by atoms with Crippen LogP contribution in [-0.2, 0) is 14.3 Å². The highest BCUT2D eigenvalue weighted by molar-refractivity contribution is 5.95. The Bertz CT molecular complexity index is 1310. The van der Waals surface area contributed by atoms with Crippen molar-refractivity contribution in [3.8, 4) is 11.3 Å². The third kappa shape index (κ3) is 9.87. The van der Waals surface area contributed by atoms with Gasteiger partial charge in [0.15, 0.2) is 0 Å². The molecule has 1 aromatic heterocycles. The van der Waals surface area contributed by atoms with Crippen molar-refractivity contribution in [1.29, 1.82) is 0 Å². The van der Waals surface area contributed by atoms with Gasteiger partial charge in [0, 0.05) is 57.3 Å². The quantitative estimate of drug-likeness (QED) is 0.261. The van der Waals surface area contributed by atoms with Crippen molar-refractivity contribution >= 4 is 29.7 Å². The molecule has 3 amide bonds. The lowest BCUT2D eigenvalue weighted by Gasteiger charge is -2.36. The number of aromatic nitrogens is 2. The molecule has 0 unspecified atom stereocenters. The van der Waals surface area contributed by atoms with Crippen molar-refractivity contribution in [2.45, 2.75) is 64.3 Å². The second-order valence-corrected chi connectivity index (χ2v) is 11.9. The van der Waals surface area contributed by atoms with Gasteiger partial charge in [-0.1, -0.05) is 50.1 Å². The number of ether oxygens (including phenoxy) is 1. The number of aliphatic carboxylic acids is 1. The lowest BCUT2D eigenvalue weighted by atomic mass is 9.93. The molecule has 2 aromatic rings. The van der Waals surface area contributed by atoms with Crippen LogP contribution in [0.25, 0.3) is 11.3 Å². The molecule has 0 spiro atoms. The summed E-state index contributed by atoms with van der Waals surface area (Å²) < 4.78 is 5.34. The number of unbranched alkanes of at least 4 members (excludes halogenated alkanes) is 2. The molecule has 1 atom stereocenters. The van der Waals surface area contributed by atoms with E-state index >= 15 is 0 Å². The summed E-state index contributed by atoms with van der Waals surface area (Å²) in [5.74, 6) is -1.06. The fourth-order valence-corrected chi connectivity index (χ4v) is 5.82. The highest BCUT2D eigenvalue weighted by Gasteiger charge is 2.32. The predicted octanol–water partition coefficient (Wildman–Crippen LogP) is 3.14. The van der Waals surface area contributed by atoms with Gasteiger partial charge in [-0.2, -0.15) is 0 Å². The van der Waals surface area contributed by atoms with Crippen LogP contribution in [0.4, 0.5) is 10.6 Å². The number of piperidine rings is 1. The number of carboxylic acids is 1. The molecule has 13 heteroatoms. The van der Waals surface area contributed by atoms with Crippen LogP contribution in [0.2, 0.25) is 0 Å². The number of hydrogen-bond donors (Lipinski definition) is 3. The molecule has 4 rings (SSSR count). The van der Waals surface area contributed by atoms with Crippen LogP contribution in [0, 0.1) is 5.92 Å². The molecule has 2 saturated heterocycles. The van der Waals surface area contributed by atoms with E-state index in [4.69, 9.17) is 10.5 Å². The molecule has 2 aliphatic heterocycles. The number of nitrogens with one attached hydrogen (secondary N) is 1. The number of piperazine rings is 1. The van der Waals surface area contributed by atoms with E-state index < -0.39 is 29.9 Å². The fourth-order valence-electron chi connectivity index (χ4n) is 5.82. The second kappa shape index (κ2) is 17.4. The van der Waals surface area contributed by atoms with Crippen LogP contribution >= 0.6 is 0 Å². The van der Waals surface area contributed by atoms with Crippen molar-refractivity contribution in [3.05, 3.63) is 42.2 Å². The van der Waals surface area contributed by atoms with Gasteiger partial charge in [0.1, 0.15) is 11.9 Å². The zero-order chi connectivity index (χ0) is 32.9. The van der Waals surface area contributed by atoms with Crippen LogP contribution in [0.5, 0.6) is 0 Å². The van der Waals surface area contributed by atoms with Gasteiger partial charge in [-0.15, -0.1) is 0 Å². The number of hydrogen-bond acceptors (Lipinski definition) is 9. The van der Waals surface area contributed by atoms with E-state index in [0.717, 1.165) is 57.2 Å². The highest BCUT2D eigenvalue weighted by atomic mass is 16.6. The highest BCUT2D eigenvalue weighted by Crippen LogP contribution is 2.27. The minimum absolute atomic E-state index is 0.0933. The van der Waals surface area contributed by atoms with E-state index in [1.54, 1.807) is 9.80 Å². The number of nitrogens with two attached hydrogens (primary N) is 1. The molecule has 4 N–H and O–H groups in total. The molecule has 250 valence electrons. The number of anilines is 1. The largest absolute Gasteiger partial charge is 0.481 e. The van der Waals surface area contributed by atoms with Crippen molar-refractivity contribution in [3.63, 3.8) is 0 Å². The summed E-state index contributed by atoms with van der Waals surface area (Å²) >= 11 is 0. The van der Waals surface area contributed by atoms with Crippen LogP contribution in [0.15, 0.2) is 36.4 Å². The van der Waals surface area contributed by atoms with E-state index in [9.17, 15) is 24.3 Å². The Morgan fingerprint density at radius 3 is 2.35 bits per heavy atom. The lowest BCUT2D eigenvalue weighted by Crippen LogP contribution is -2.56. The molecule has 13 nitrogen and oxygen atoms in total. The van der Waals surface area contributed by atoms with Gasteiger partial charge < -0.3 is 35.6 Å². The Labute approximate surface area is 270 Å². The summed E-state index contributed by atoms with van der Waals surface area (Å²) in [7, 11) is 0. The first-order valence-corrected chi connectivity index (χ1v) is 16.4. The van der Waals surface area contributed by atoms with E-state index in [-0.39, 0.29) is 44.8 Å². The predicted molar refractivity (Wildman–Crippen MR) is 173 cm³/mol. The maximum Gasteiger partial charge on any atom is 0.409 e. The molecule has 2 aliphatic rings. The molecule has 2 fully saturated rings. The normalized spacial score (nSPS) is 16.2. The number of carbonyl (C=O) groups excluding carboxylic acids is 3. The van der Waals surface area contributed by atoms with Crippen LogP contribution in [0.3, 0.4) is 0 Å². The number of rotatable bonds is 14. The fraction of sp³-hybridized carbons (Fsp3) is 0.576. The van der Waals surface area contributed by atoms with Crippen molar-refractivity contribution < 1.29 is 29.0 Å². The Balaban J connectivity index is 1.48. The van der Waals surface area contributed by atoms with E-state index in [0.29, 0.717) is 30.6 Å². The number of amides is 3. The zero-order valence-electron chi connectivity index (χ0n) is 26.7. The standard InChI is InChI=1S/C33H47N7O6/c1-2-3-7-22-46-33(45)40-20-18-39(19-21-40)32(44)26(10-11-29(41)42)36-31(43)30-35-27(25-8-5-4-6-9-25)23-28(37-30)38-16-13-24(12-15-34)14-17-38/h4-6,8-9,23-24,26H,2-3,7,10-22,34H2,1H3,(H,36,43)(H,41,42)/t26-/m0/s1. The average molecular weight is 638 g/mol. The number of nitrogens with zero attached hydrogens (tertiary/aromatic N) is 5. The Hall–Kier alpha value is -4.26. The maximum absolute atomic E-state index is 13.7. The SMILES string of the molecule is CCCCCOC(=O)N1CCN(C(=O)[C@H](CCC(=O)O)NC(=O)c2nc(-c3ccccc3)cc(N3CCC(CCN)CC3)n2)CC1. The van der Waals surface area contributed by atoms with Gasteiger partial charge in [0.05, 0.1) is 12.3 Å². The topological polar surface area (TPSA) is 171 Å². The molecule has 3 heterocycles. The average Bonchev–Trinajstić information content (AvgIpc) is 3.08. The first kappa shape index (κ1) is 34.6. The molecule has 1 aromatic carbocycles. The van der Waals surface area contributed by atoms with Crippen LogP contribution in [0.1, 0.15) is 68.9 Å². The molecule has 0 radical (unpaired) electrons. The van der Waals surface area contributed by atoms with Crippen LogP contribution < -0.4 is 16.0 Å². The molecule has 0 saturated carbocycles. The zero-order valence-corrected chi connectivity index (χ0v) is 26.7. The summed E-state index contributed by atoms with van der Waals surface area (Å²) in [4.78, 5) is 65.6. The summed E-state index contributed by atoms with van der Waals surface area (Å²) in [5.41, 5.74) is 7.17. The monoisotopic (exact) mass is 637 g/mol. The van der Waals surface area contributed by atoms with Crippen molar-refractivity contribution in [2.24, 2.45) is 11.7 Å². The summed E-state index contributed by atoms with van der Waals surface area (Å²) in [6.07, 6.45) is 4.91. The molecular weight excluding hydrogens is 590 g/mol. The molecule has 0 bridgehead atoms. The summed E-state index contributed by atoms with van der Waals surface area (Å²) in [5, 5.41) is 12.1. The third-order valence-electron chi connectivity index (χ3n) is 8.57. The Morgan fingerprint density at radius 2 is 1.70 bits per heavy atom. The third-order valence-corrected chi connectivity index (χ3v) is 8.57. The van der Waals surface area contributed by atoms with Gasteiger partial charge in [0.2, 0.25) is 11.7 Å². The molecular formula is C33H47N7O6. The van der Waals surface area contributed by atoms with Gasteiger partial charge in [-0.05, 0) is 44.6 Å². The Morgan fingerprint density at radius 1 is 1.00 bits per heavy atom. The molecule has 0 aliphatic carbocycles. The number of carboxylic acid groups (broad SMARTS) is 1. The van der Waals surface area contributed by atoms with Crippen LogP contribution in [-0.4, -0.2) is 107 Å². The van der Waals surface area contributed by atoms with Gasteiger partial charge in [-0.25, -0.2) is 14.8 Å². The van der Waals surface area contributed by atoms with Crippen molar-refractivity contribution in [2.75, 3.05) is 57.3 Å². The minimum atomic E-state index is -1.10. The summed E-state index contributed by atoms with van der Waals surface area (Å²) in [6, 6.07) is 10.3. The molecule has 46 heavy (non-hydrogen) atoms. The van der Waals surface area contributed by atoms with Crippen molar-refractivity contribution in [1.82, 2.24) is 25.1 Å². The minimum Gasteiger partial charge on any atom is -0.481 e. The van der Waals surface area contributed by atoms with E-state index in [1.807, 2.05) is 36.4 Å². The van der Waals surface area contributed by atoms with Gasteiger partial charge in [-0.3, -0.25) is 14.4 Å². The van der Waals surface area contributed by atoms with Gasteiger partial charge in [0.25, 0.3) is 5.91 Å². The van der Waals surface area contributed by atoms with Gasteiger partial charge >= 0.3 is 12.1 Å². The maximum atomic E-state index is 13.7. The first-order chi connectivity index (χ1) is 22.3.